The third kappa shape index (κ3) is 5.21. The van der Waals surface area contributed by atoms with Crippen LogP contribution in [0, 0.1) is 5.82 Å². The molecule has 1 saturated heterocycles. The molecule has 0 radical (unpaired) electrons. The van der Waals surface area contributed by atoms with Gasteiger partial charge in [0.15, 0.2) is 0 Å². The van der Waals surface area contributed by atoms with E-state index in [2.05, 4.69) is 9.88 Å². The monoisotopic (exact) mass is 405 g/mol. The number of hydrogen-bond acceptors (Lipinski definition) is 4. The van der Waals surface area contributed by atoms with E-state index < -0.39 is 0 Å². The van der Waals surface area contributed by atoms with Gasteiger partial charge in [0.2, 0.25) is 0 Å². The first-order valence-electron chi connectivity index (χ1n) is 10.2. The minimum absolute atomic E-state index is 0.132. The molecule has 1 aliphatic heterocycles. The van der Waals surface area contributed by atoms with Crippen LogP contribution < -0.4 is 10.3 Å². The summed E-state index contributed by atoms with van der Waals surface area (Å²) in [6.45, 7) is 3.94. The highest BCUT2D eigenvalue weighted by Gasteiger charge is 2.10. The normalized spacial score (nSPS) is 14.4. The van der Waals surface area contributed by atoms with Crippen molar-refractivity contribution >= 4 is 12.2 Å². The Morgan fingerprint density at radius 1 is 1.03 bits per heavy atom. The lowest BCUT2D eigenvalue weighted by atomic mass is 10.2. The van der Waals surface area contributed by atoms with Crippen LogP contribution in [0.25, 0.3) is 17.8 Å². The maximum atomic E-state index is 12.9. The summed E-state index contributed by atoms with van der Waals surface area (Å²) < 4.78 is 20.3. The summed E-state index contributed by atoms with van der Waals surface area (Å²) in [6.07, 6.45) is 8.99. The van der Waals surface area contributed by atoms with Crippen LogP contribution in [0.15, 0.2) is 65.7 Å². The van der Waals surface area contributed by atoms with Crippen molar-refractivity contribution in [3.8, 4) is 11.4 Å². The fourth-order valence-corrected chi connectivity index (χ4v) is 3.48. The molecule has 4 rings (SSSR count). The summed E-state index contributed by atoms with van der Waals surface area (Å²) in [5.74, 6) is 0.426. The lowest BCUT2D eigenvalue weighted by molar-refractivity contribution is 0.238. The zero-order valence-electron chi connectivity index (χ0n) is 16.7. The van der Waals surface area contributed by atoms with E-state index in [1.165, 1.54) is 18.9 Å². The van der Waals surface area contributed by atoms with Crippen LogP contribution in [0.3, 0.4) is 0 Å². The molecule has 2 aromatic heterocycles. The van der Waals surface area contributed by atoms with Crippen molar-refractivity contribution < 1.29 is 9.13 Å². The Hall–Kier alpha value is -3.25. The number of pyridine rings is 2. The summed E-state index contributed by atoms with van der Waals surface area (Å²) >= 11 is 0. The molecule has 0 bridgehead atoms. The average molecular weight is 405 g/mol. The first-order valence-corrected chi connectivity index (χ1v) is 10.2. The van der Waals surface area contributed by atoms with Crippen molar-refractivity contribution in [3.05, 3.63) is 88.4 Å². The second kappa shape index (κ2) is 9.50. The van der Waals surface area contributed by atoms with Gasteiger partial charge in [-0.2, -0.15) is 0 Å². The van der Waals surface area contributed by atoms with Gasteiger partial charge in [0.05, 0.1) is 11.9 Å². The Morgan fingerprint density at radius 2 is 1.83 bits per heavy atom. The number of rotatable bonds is 7. The minimum atomic E-state index is -0.377. The van der Waals surface area contributed by atoms with Crippen molar-refractivity contribution in [2.45, 2.75) is 12.8 Å². The summed E-state index contributed by atoms with van der Waals surface area (Å²) in [4.78, 5) is 18.9. The molecule has 154 valence electrons. The van der Waals surface area contributed by atoms with E-state index in [1.54, 1.807) is 35.0 Å². The average Bonchev–Trinajstić information content (AvgIpc) is 3.28. The van der Waals surface area contributed by atoms with Gasteiger partial charge in [0.1, 0.15) is 18.2 Å². The Morgan fingerprint density at radius 3 is 2.53 bits per heavy atom. The van der Waals surface area contributed by atoms with Crippen LogP contribution in [0.5, 0.6) is 5.75 Å². The molecule has 3 aromatic rings. The van der Waals surface area contributed by atoms with Crippen molar-refractivity contribution in [2.75, 3.05) is 26.2 Å². The molecule has 0 N–H and O–H groups in total. The Balaban J connectivity index is 1.38. The second-order valence-corrected chi connectivity index (χ2v) is 7.29. The largest absolute Gasteiger partial charge is 0.492 e. The van der Waals surface area contributed by atoms with Gasteiger partial charge in [0.25, 0.3) is 5.56 Å². The molecule has 0 saturated carbocycles. The zero-order chi connectivity index (χ0) is 20.8. The molecule has 5 nitrogen and oxygen atoms in total. The maximum Gasteiger partial charge on any atom is 0.255 e. The van der Waals surface area contributed by atoms with E-state index in [0.29, 0.717) is 12.3 Å². The molecule has 1 fully saturated rings. The van der Waals surface area contributed by atoms with Crippen LogP contribution in [-0.4, -0.2) is 40.7 Å². The van der Waals surface area contributed by atoms with Crippen LogP contribution in [0.1, 0.15) is 24.1 Å². The number of benzene rings is 1. The molecule has 1 aromatic carbocycles. The molecule has 0 spiro atoms. The van der Waals surface area contributed by atoms with Gasteiger partial charge in [-0.05, 0) is 80.0 Å². The number of nitrogens with zero attached hydrogens (tertiary/aromatic N) is 3. The Kier molecular flexibility index (Phi) is 6.35. The van der Waals surface area contributed by atoms with E-state index in [9.17, 15) is 9.18 Å². The number of hydrogen-bond donors (Lipinski definition) is 0. The van der Waals surface area contributed by atoms with Gasteiger partial charge in [-0.3, -0.25) is 19.2 Å². The highest BCUT2D eigenvalue weighted by molar-refractivity contribution is 5.67. The summed E-state index contributed by atoms with van der Waals surface area (Å²) in [7, 11) is 0. The predicted molar refractivity (Wildman–Crippen MR) is 116 cm³/mol. The van der Waals surface area contributed by atoms with E-state index in [0.717, 1.165) is 42.8 Å². The lowest BCUT2D eigenvalue weighted by Crippen LogP contribution is -2.25. The van der Waals surface area contributed by atoms with Crippen LogP contribution >= 0.6 is 0 Å². The molecule has 0 unspecified atom stereocenters. The molecule has 0 aliphatic carbocycles. The summed E-state index contributed by atoms with van der Waals surface area (Å²) in [5, 5.41) is 0. The van der Waals surface area contributed by atoms with Crippen molar-refractivity contribution in [2.24, 2.45) is 0 Å². The summed E-state index contributed by atoms with van der Waals surface area (Å²) in [5.41, 5.74) is 2.03. The zero-order valence-corrected chi connectivity index (χ0v) is 16.7. The number of aromatic nitrogens is 2. The van der Waals surface area contributed by atoms with Crippen molar-refractivity contribution in [1.29, 1.82) is 0 Å². The van der Waals surface area contributed by atoms with Gasteiger partial charge in [-0.1, -0.05) is 6.08 Å². The van der Waals surface area contributed by atoms with Crippen molar-refractivity contribution in [1.82, 2.24) is 14.5 Å². The Labute approximate surface area is 175 Å². The number of likely N-dealkylation sites (tertiary alicyclic amines) is 1. The van der Waals surface area contributed by atoms with E-state index in [4.69, 9.17) is 4.74 Å². The molecule has 0 atom stereocenters. The third-order valence-corrected chi connectivity index (χ3v) is 5.13. The van der Waals surface area contributed by atoms with Gasteiger partial charge < -0.3 is 4.74 Å². The molecule has 0 amide bonds. The topological polar surface area (TPSA) is 47.4 Å². The van der Waals surface area contributed by atoms with Crippen LogP contribution in [-0.2, 0) is 0 Å². The van der Waals surface area contributed by atoms with Gasteiger partial charge in [-0.25, -0.2) is 4.39 Å². The first kappa shape index (κ1) is 20.0. The fraction of sp³-hybridized carbons (Fsp3) is 0.250. The number of halogens is 1. The van der Waals surface area contributed by atoms with E-state index in [-0.39, 0.29) is 11.4 Å². The molecular formula is C24H24FN3O2. The fourth-order valence-electron chi connectivity index (χ4n) is 3.48. The van der Waals surface area contributed by atoms with Crippen LogP contribution in [0.4, 0.5) is 4.39 Å². The van der Waals surface area contributed by atoms with Crippen LogP contribution in [0.2, 0.25) is 0 Å². The molecule has 6 heteroatoms. The van der Waals surface area contributed by atoms with Gasteiger partial charge in [-0.15, -0.1) is 0 Å². The summed E-state index contributed by atoms with van der Waals surface area (Å²) in [6, 6.07) is 13.9. The van der Waals surface area contributed by atoms with Gasteiger partial charge in [0, 0.05) is 24.5 Å². The smallest absolute Gasteiger partial charge is 0.255 e. The molecule has 3 heterocycles. The standard InChI is InChI=1S/C24H24FN3O2/c25-20-4-6-21(26-18-20)5-3-19-11-14-28(24(29)17-19)22-7-9-23(10-8-22)30-16-15-27-12-1-2-13-27/h3-11,14,17-18H,1-2,12-13,15-16H2. The molecule has 1 aliphatic rings. The van der Waals surface area contributed by atoms with Crippen molar-refractivity contribution in [3.63, 3.8) is 0 Å². The third-order valence-electron chi connectivity index (χ3n) is 5.13. The predicted octanol–water partition coefficient (Wildman–Crippen LogP) is 4.02. The minimum Gasteiger partial charge on any atom is -0.492 e. The lowest BCUT2D eigenvalue weighted by Gasteiger charge is -2.15. The molecule has 30 heavy (non-hydrogen) atoms. The highest BCUT2D eigenvalue weighted by Crippen LogP contribution is 2.15. The SMILES string of the molecule is O=c1cc(C=Cc2ccc(F)cn2)ccn1-c1ccc(OCCN2CCCC2)cc1. The quantitative estimate of drug-likeness (QED) is 0.596. The highest BCUT2D eigenvalue weighted by atomic mass is 19.1. The molecular weight excluding hydrogens is 381 g/mol. The first-order chi connectivity index (χ1) is 14.7. The number of ether oxygens (including phenoxy) is 1. The van der Waals surface area contributed by atoms with Gasteiger partial charge >= 0.3 is 0 Å². The second-order valence-electron chi connectivity index (χ2n) is 7.29. The van der Waals surface area contributed by atoms with E-state index >= 15 is 0 Å². The van der Waals surface area contributed by atoms with E-state index in [1.807, 2.05) is 30.3 Å². The Bertz CT molecular complexity index is 1050. The maximum absolute atomic E-state index is 12.9.